The second-order valence-corrected chi connectivity index (χ2v) is 6.77. The molecular formula is C11H9F5N2O4S. The van der Waals surface area contributed by atoms with Crippen molar-refractivity contribution in [1.29, 1.82) is 0 Å². The van der Waals surface area contributed by atoms with Crippen LogP contribution in [-0.2, 0) is 9.84 Å². The molecule has 1 aliphatic rings. The van der Waals surface area contributed by atoms with Gasteiger partial charge in [-0.15, -0.1) is 0 Å². The lowest BCUT2D eigenvalue weighted by molar-refractivity contribution is -0.384. The van der Waals surface area contributed by atoms with Gasteiger partial charge in [0, 0.05) is 19.2 Å². The van der Waals surface area contributed by atoms with E-state index in [0.29, 0.717) is 12.1 Å². The summed E-state index contributed by atoms with van der Waals surface area (Å²) in [6.45, 7) is -1.05. The molecule has 0 aromatic heterocycles. The van der Waals surface area contributed by atoms with Crippen LogP contribution in [-0.4, -0.2) is 38.4 Å². The highest BCUT2D eigenvalue weighted by molar-refractivity contribution is 7.91. The Labute approximate surface area is 126 Å². The molecule has 1 saturated heterocycles. The number of rotatable bonds is 4. The topological polar surface area (TPSA) is 80.5 Å². The molecule has 0 unspecified atom stereocenters. The molecule has 6 nitrogen and oxygen atoms in total. The Hall–Kier alpha value is -1.98. The van der Waals surface area contributed by atoms with Gasteiger partial charge in [0.15, 0.2) is 0 Å². The summed E-state index contributed by atoms with van der Waals surface area (Å²) in [5.41, 5.74) is -1.09. The van der Waals surface area contributed by atoms with E-state index in [1.165, 1.54) is 0 Å². The van der Waals surface area contributed by atoms with Crippen molar-refractivity contribution in [3.63, 3.8) is 0 Å². The molecule has 2 rings (SSSR count). The minimum absolute atomic E-state index is 0.247. The number of nitro benzene ring substituents is 1. The number of benzene rings is 1. The molecule has 128 valence electrons. The number of alkyl halides is 5. The smallest absolute Gasteiger partial charge is 0.365 e. The van der Waals surface area contributed by atoms with E-state index < -0.39 is 56.3 Å². The van der Waals surface area contributed by atoms with Crippen molar-refractivity contribution >= 4 is 21.2 Å². The first-order chi connectivity index (χ1) is 10.4. The highest BCUT2D eigenvalue weighted by Gasteiger charge is 2.48. The number of hydrogen-bond acceptors (Lipinski definition) is 5. The van der Waals surface area contributed by atoms with Crippen molar-refractivity contribution in [3.8, 4) is 0 Å². The first-order valence-corrected chi connectivity index (χ1v) is 7.61. The lowest BCUT2D eigenvalue weighted by Crippen LogP contribution is -2.53. The Balaban J connectivity index is 2.35. The zero-order chi connectivity index (χ0) is 17.6. The molecule has 1 fully saturated rings. The van der Waals surface area contributed by atoms with Crippen LogP contribution in [0, 0.1) is 16.0 Å². The van der Waals surface area contributed by atoms with Gasteiger partial charge >= 0.3 is 11.9 Å². The van der Waals surface area contributed by atoms with Gasteiger partial charge in [-0.1, -0.05) is 0 Å². The van der Waals surface area contributed by atoms with Gasteiger partial charge < -0.3 is 4.90 Å². The summed E-state index contributed by atoms with van der Waals surface area (Å²) in [5.74, 6) is -5.40. The van der Waals surface area contributed by atoms with E-state index in [2.05, 4.69) is 0 Å². The molecule has 0 N–H and O–H groups in total. The summed E-state index contributed by atoms with van der Waals surface area (Å²) in [7, 11) is -5.03. The van der Waals surface area contributed by atoms with Crippen LogP contribution in [0.5, 0.6) is 0 Å². The first kappa shape index (κ1) is 17.4. The van der Waals surface area contributed by atoms with E-state index in [-0.39, 0.29) is 5.69 Å². The average Bonchev–Trinajstić information content (AvgIpc) is 2.34. The van der Waals surface area contributed by atoms with Crippen molar-refractivity contribution in [1.82, 2.24) is 0 Å². The molecule has 1 aromatic rings. The second kappa shape index (κ2) is 5.58. The second-order valence-electron chi connectivity index (χ2n) is 4.86. The third-order valence-corrected chi connectivity index (χ3v) is 4.77. The van der Waals surface area contributed by atoms with Crippen LogP contribution in [0.4, 0.5) is 33.3 Å². The molecule has 0 amide bonds. The van der Waals surface area contributed by atoms with Gasteiger partial charge in [-0.05, 0) is 12.1 Å². The minimum atomic E-state index is -5.03. The molecule has 0 bridgehead atoms. The van der Waals surface area contributed by atoms with Crippen LogP contribution in [0.3, 0.4) is 0 Å². The van der Waals surface area contributed by atoms with Crippen LogP contribution in [0.1, 0.15) is 0 Å². The third kappa shape index (κ3) is 3.21. The lowest BCUT2D eigenvalue weighted by atomic mass is 9.98. The van der Waals surface area contributed by atoms with E-state index in [1.807, 2.05) is 0 Å². The fraction of sp³-hybridized carbons (Fsp3) is 0.455. The van der Waals surface area contributed by atoms with Crippen LogP contribution < -0.4 is 4.90 Å². The zero-order valence-corrected chi connectivity index (χ0v) is 11.9. The predicted molar refractivity (Wildman–Crippen MR) is 68.0 cm³/mol. The average molecular weight is 360 g/mol. The number of sulfone groups is 1. The van der Waals surface area contributed by atoms with Crippen LogP contribution in [0.25, 0.3) is 0 Å². The molecule has 0 spiro atoms. The molecule has 0 radical (unpaired) electrons. The van der Waals surface area contributed by atoms with Crippen LogP contribution in [0.15, 0.2) is 23.1 Å². The van der Waals surface area contributed by atoms with Gasteiger partial charge in [-0.25, -0.2) is 8.42 Å². The summed E-state index contributed by atoms with van der Waals surface area (Å²) >= 11 is 0. The van der Waals surface area contributed by atoms with E-state index in [0.717, 1.165) is 11.0 Å². The molecule has 23 heavy (non-hydrogen) atoms. The highest BCUT2D eigenvalue weighted by atomic mass is 32.2. The standard InChI is InChI=1S/C11H9F5N2O4S/c12-10(13)23(21,22)7-1-2-8(9(3-7)18(19)20)17-4-6(5-17)11(14,15)16/h1-3,6,10H,4-5H2. The monoisotopic (exact) mass is 360 g/mol. The summed E-state index contributed by atoms with van der Waals surface area (Å²) in [5, 5.41) is 11.0. The summed E-state index contributed by atoms with van der Waals surface area (Å²) in [4.78, 5) is 10.0. The van der Waals surface area contributed by atoms with E-state index >= 15 is 0 Å². The van der Waals surface area contributed by atoms with Crippen molar-refractivity contribution in [3.05, 3.63) is 28.3 Å². The molecule has 0 aliphatic carbocycles. The Morgan fingerprint density at radius 2 is 1.83 bits per heavy atom. The van der Waals surface area contributed by atoms with Crippen molar-refractivity contribution in [2.45, 2.75) is 16.8 Å². The van der Waals surface area contributed by atoms with Gasteiger partial charge in [0.25, 0.3) is 5.69 Å². The third-order valence-electron chi connectivity index (χ3n) is 3.39. The molecule has 1 heterocycles. The Bertz CT molecular complexity index is 728. The maximum absolute atomic E-state index is 12.5. The summed E-state index contributed by atoms with van der Waals surface area (Å²) < 4.78 is 84.9. The fourth-order valence-corrected chi connectivity index (χ4v) is 2.82. The highest BCUT2D eigenvalue weighted by Crippen LogP contribution is 2.40. The van der Waals surface area contributed by atoms with Gasteiger partial charge in [-0.3, -0.25) is 10.1 Å². The van der Waals surface area contributed by atoms with Gasteiger partial charge in [0.2, 0.25) is 9.84 Å². The van der Waals surface area contributed by atoms with Crippen LogP contribution in [0.2, 0.25) is 0 Å². The minimum Gasteiger partial charge on any atom is -0.365 e. The lowest BCUT2D eigenvalue weighted by Gasteiger charge is -2.41. The van der Waals surface area contributed by atoms with E-state index in [9.17, 15) is 40.5 Å². The number of halogens is 5. The van der Waals surface area contributed by atoms with E-state index in [4.69, 9.17) is 0 Å². The summed E-state index contributed by atoms with van der Waals surface area (Å²) in [6, 6.07) is 2.00. The van der Waals surface area contributed by atoms with Gasteiger partial charge in [-0.2, -0.15) is 22.0 Å². The quantitative estimate of drug-likeness (QED) is 0.468. The molecule has 0 saturated carbocycles. The number of nitro groups is 1. The Kier molecular flexibility index (Phi) is 4.22. The zero-order valence-electron chi connectivity index (χ0n) is 11.1. The maximum atomic E-state index is 12.5. The predicted octanol–water partition coefficient (Wildman–Crippen LogP) is 2.59. The van der Waals surface area contributed by atoms with Gasteiger partial charge in [0.1, 0.15) is 5.69 Å². The molecule has 0 atom stereocenters. The molecule has 1 aliphatic heterocycles. The SMILES string of the molecule is O=[N+]([O-])c1cc(S(=O)(=O)C(F)F)ccc1N1CC(C(F)(F)F)C1. The van der Waals surface area contributed by atoms with E-state index in [1.54, 1.807) is 0 Å². The maximum Gasteiger partial charge on any atom is 0.395 e. The van der Waals surface area contributed by atoms with Crippen molar-refractivity contribution in [2.75, 3.05) is 18.0 Å². The largest absolute Gasteiger partial charge is 0.395 e. The van der Waals surface area contributed by atoms with Crippen molar-refractivity contribution in [2.24, 2.45) is 5.92 Å². The number of hydrogen-bond donors (Lipinski definition) is 0. The van der Waals surface area contributed by atoms with Gasteiger partial charge in [0.05, 0.1) is 15.7 Å². The normalized spacial score (nSPS) is 16.5. The van der Waals surface area contributed by atoms with Crippen LogP contribution >= 0.6 is 0 Å². The fourth-order valence-electron chi connectivity index (χ4n) is 2.08. The Morgan fingerprint density at radius 1 is 1.26 bits per heavy atom. The molecule has 1 aromatic carbocycles. The number of anilines is 1. The Morgan fingerprint density at radius 3 is 2.26 bits per heavy atom. The number of nitrogens with zero attached hydrogens (tertiary/aromatic N) is 2. The van der Waals surface area contributed by atoms with Crippen molar-refractivity contribution < 1.29 is 35.3 Å². The molecular weight excluding hydrogens is 351 g/mol. The molecule has 12 heteroatoms. The first-order valence-electron chi connectivity index (χ1n) is 6.06. The summed E-state index contributed by atoms with van der Waals surface area (Å²) in [6.07, 6.45) is -4.44.